The molecule has 0 N–H and O–H groups in total. The van der Waals surface area contributed by atoms with Gasteiger partial charge >= 0.3 is 5.97 Å². The second kappa shape index (κ2) is 7.08. The van der Waals surface area contributed by atoms with Crippen LogP contribution in [0, 0.1) is 5.92 Å². The van der Waals surface area contributed by atoms with Gasteiger partial charge in [0.25, 0.3) is 0 Å². The average Bonchev–Trinajstić information content (AvgIpc) is 3.26. The summed E-state index contributed by atoms with van der Waals surface area (Å²) in [4.78, 5) is 15.1. The number of benzene rings is 1. The molecule has 0 amide bonds. The minimum absolute atomic E-state index is 0.0338. The first kappa shape index (κ1) is 17.0. The maximum absolute atomic E-state index is 12.6. The smallest absolute Gasteiger partial charge is 0.311 e. The number of hydrogen-bond donors (Lipinski definition) is 0. The van der Waals surface area contributed by atoms with Gasteiger partial charge in [-0.15, -0.1) is 0 Å². The van der Waals surface area contributed by atoms with E-state index >= 15 is 0 Å². The highest BCUT2D eigenvalue weighted by molar-refractivity contribution is 5.73. The predicted molar refractivity (Wildman–Crippen MR) is 96.1 cm³/mol. The summed E-state index contributed by atoms with van der Waals surface area (Å²) in [5, 5.41) is 0. The molecule has 3 aliphatic heterocycles. The molecule has 0 saturated carbocycles. The maximum Gasteiger partial charge on any atom is 0.311 e. The standard InChI is InChI=1S/C21H29NO3/c1-21(15-24-20(23)18-13-17-9-10-19(18)25-17)11-5-6-12-22(21)14-16-7-3-2-4-8-16/h2-4,7-8,17-19H,5-6,9-15H2,1H3/t17-,18+,19-,21-/m1/s1. The van der Waals surface area contributed by atoms with E-state index in [-0.39, 0.29) is 23.5 Å². The van der Waals surface area contributed by atoms with Crippen LogP contribution in [0.15, 0.2) is 30.3 Å². The van der Waals surface area contributed by atoms with E-state index in [1.807, 2.05) is 0 Å². The molecule has 3 aliphatic rings. The van der Waals surface area contributed by atoms with Crippen LogP contribution >= 0.6 is 0 Å². The van der Waals surface area contributed by atoms with Gasteiger partial charge in [-0.25, -0.2) is 0 Å². The molecule has 4 atom stereocenters. The molecule has 25 heavy (non-hydrogen) atoms. The summed E-state index contributed by atoms with van der Waals surface area (Å²) in [5.41, 5.74) is 1.26. The number of likely N-dealkylation sites (tertiary alicyclic amines) is 1. The number of hydrogen-bond acceptors (Lipinski definition) is 4. The Morgan fingerprint density at radius 3 is 2.84 bits per heavy atom. The monoisotopic (exact) mass is 343 g/mol. The van der Waals surface area contributed by atoms with Crippen LogP contribution in [0.5, 0.6) is 0 Å². The van der Waals surface area contributed by atoms with Crippen LogP contribution in [0.25, 0.3) is 0 Å². The van der Waals surface area contributed by atoms with Crippen LogP contribution in [0.4, 0.5) is 0 Å². The van der Waals surface area contributed by atoms with E-state index in [2.05, 4.69) is 42.2 Å². The number of ether oxygens (including phenoxy) is 2. The van der Waals surface area contributed by atoms with Crippen molar-refractivity contribution in [1.29, 1.82) is 0 Å². The molecule has 4 nitrogen and oxygen atoms in total. The number of rotatable bonds is 5. The van der Waals surface area contributed by atoms with Gasteiger partial charge in [-0.05, 0) is 51.1 Å². The normalized spacial score (nSPS) is 35.0. The van der Waals surface area contributed by atoms with Crippen LogP contribution in [-0.4, -0.2) is 41.8 Å². The van der Waals surface area contributed by atoms with E-state index in [0.717, 1.165) is 38.8 Å². The van der Waals surface area contributed by atoms with Crippen molar-refractivity contribution in [2.75, 3.05) is 13.2 Å². The Kier molecular flexibility index (Phi) is 4.83. The molecule has 2 bridgehead atoms. The number of fused-ring (bicyclic) bond motifs is 2. The molecular weight excluding hydrogens is 314 g/mol. The van der Waals surface area contributed by atoms with Crippen LogP contribution in [0.1, 0.15) is 51.0 Å². The Hall–Kier alpha value is -1.39. The van der Waals surface area contributed by atoms with E-state index in [9.17, 15) is 4.79 Å². The highest BCUT2D eigenvalue weighted by Crippen LogP contribution is 2.39. The van der Waals surface area contributed by atoms with Crippen LogP contribution in [0.3, 0.4) is 0 Å². The zero-order valence-electron chi connectivity index (χ0n) is 15.2. The molecule has 136 valence electrons. The van der Waals surface area contributed by atoms with Crippen molar-refractivity contribution < 1.29 is 14.3 Å². The van der Waals surface area contributed by atoms with E-state index in [1.54, 1.807) is 0 Å². The number of piperidine rings is 1. The fraction of sp³-hybridized carbons (Fsp3) is 0.667. The fourth-order valence-corrected chi connectivity index (χ4v) is 4.69. The van der Waals surface area contributed by atoms with Gasteiger partial charge in [-0.1, -0.05) is 36.8 Å². The van der Waals surface area contributed by atoms with Gasteiger partial charge in [0, 0.05) is 6.54 Å². The molecule has 0 aliphatic carbocycles. The summed E-state index contributed by atoms with van der Waals surface area (Å²) >= 11 is 0. The number of esters is 1. The quantitative estimate of drug-likeness (QED) is 0.767. The molecule has 0 aromatic heterocycles. The molecule has 4 heteroatoms. The molecule has 0 spiro atoms. The first-order valence-corrected chi connectivity index (χ1v) is 9.75. The van der Waals surface area contributed by atoms with Gasteiger partial charge in [-0.2, -0.15) is 0 Å². The summed E-state index contributed by atoms with van der Waals surface area (Å²) in [6.07, 6.45) is 6.89. The van der Waals surface area contributed by atoms with Gasteiger partial charge in [-0.3, -0.25) is 9.69 Å². The highest BCUT2D eigenvalue weighted by Gasteiger charge is 2.46. The van der Waals surface area contributed by atoms with Crippen molar-refractivity contribution in [2.24, 2.45) is 5.92 Å². The molecule has 3 fully saturated rings. The summed E-state index contributed by atoms with van der Waals surface area (Å²) in [5.74, 6) is -0.0767. The topological polar surface area (TPSA) is 38.8 Å². The fourth-order valence-electron chi connectivity index (χ4n) is 4.69. The Morgan fingerprint density at radius 1 is 1.28 bits per heavy atom. The average molecular weight is 343 g/mol. The van der Waals surface area contributed by atoms with Crippen molar-refractivity contribution in [3.05, 3.63) is 35.9 Å². The first-order chi connectivity index (χ1) is 12.1. The zero-order chi connectivity index (χ0) is 17.3. The van der Waals surface area contributed by atoms with Crippen molar-refractivity contribution >= 4 is 5.97 Å². The van der Waals surface area contributed by atoms with Gasteiger partial charge in [0.1, 0.15) is 6.61 Å². The van der Waals surface area contributed by atoms with Gasteiger partial charge < -0.3 is 9.47 Å². The second-order valence-electron chi connectivity index (χ2n) is 8.19. The van der Waals surface area contributed by atoms with E-state index in [4.69, 9.17) is 9.47 Å². The molecule has 0 radical (unpaired) electrons. The SMILES string of the molecule is C[C@]1(COC(=O)[C@H]2C[C@H]3CC[C@H]2O3)CCCCN1Cc1ccccc1. The third kappa shape index (κ3) is 3.61. The third-order valence-electron chi connectivity index (χ3n) is 6.31. The largest absolute Gasteiger partial charge is 0.463 e. The molecule has 0 unspecified atom stereocenters. The van der Waals surface area contributed by atoms with E-state index in [0.29, 0.717) is 12.7 Å². The number of carbonyl (C=O) groups is 1. The predicted octanol–water partition coefficient (Wildman–Crippen LogP) is 3.54. The molecule has 3 saturated heterocycles. The number of carbonyl (C=O) groups excluding carboxylic acids is 1. The van der Waals surface area contributed by atoms with E-state index in [1.165, 1.54) is 18.4 Å². The highest BCUT2D eigenvalue weighted by atomic mass is 16.5. The molecule has 1 aromatic rings. The minimum Gasteiger partial charge on any atom is -0.463 e. The summed E-state index contributed by atoms with van der Waals surface area (Å²) in [7, 11) is 0. The summed E-state index contributed by atoms with van der Waals surface area (Å²) in [6, 6.07) is 10.6. The van der Waals surface area contributed by atoms with Crippen molar-refractivity contribution in [2.45, 2.75) is 69.7 Å². The lowest BCUT2D eigenvalue weighted by atomic mass is 9.87. The minimum atomic E-state index is -0.0672. The van der Waals surface area contributed by atoms with Crippen LogP contribution in [0.2, 0.25) is 0 Å². The second-order valence-corrected chi connectivity index (χ2v) is 8.19. The lowest BCUT2D eigenvalue weighted by Gasteiger charge is -2.44. The van der Waals surface area contributed by atoms with Crippen molar-refractivity contribution in [3.63, 3.8) is 0 Å². The van der Waals surface area contributed by atoms with E-state index < -0.39 is 0 Å². The Balaban J connectivity index is 1.37. The summed E-state index contributed by atoms with van der Waals surface area (Å²) in [6.45, 7) is 4.73. The lowest BCUT2D eigenvalue weighted by Crippen LogP contribution is -2.52. The maximum atomic E-state index is 12.6. The van der Waals surface area contributed by atoms with Crippen LogP contribution < -0.4 is 0 Å². The van der Waals surface area contributed by atoms with Crippen LogP contribution in [-0.2, 0) is 20.8 Å². The Bertz CT molecular complexity index is 604. The van der Waals surface area contributed by atoms with Crippen molar-refractivity contribution in [3.8, 4) is 0 Å². The van der Waals surface area contributed by atoms with Gasteiger partial charge in [0.15, 0.2) is 0 Å². The van der Waals surface area contributed by atoms with Gasteiger partial charge in [0.05, 0.1) is 23.7 Å². The molecule has 3 heterocycles. The Morgan fingerprint density at radius 2 is 2.12 bits per heavy atom. The lowest BCUT2D eigenvalue weighted by molar-refractivity contribution is -0.155. The zero-order valence-corrected chi connectivity index (χ0v) is 15.2. The summed E-state index contributed by atoms with van der Waals surface area (Å²) < 4.78 is 11.6. The third-order valence-corrected chi connectivity index (χ3v) is 6.31. The van der Waals surface area contributed by atoms with Gasteiger partial charge in [0.2, 0.25) is 0 Å². The molecular formula is C21H29NO3. The van der Waals surface area contributed by atoms with Crippen molar-refractivity contribution in [1.82, 2.24) is 4.90 Å². The Labute approximate surface area is 150 Å². The molecule has 1 aromatic carbocycles. The molecule has 4 rings (SSSR count). The number of nitrogens with zero attached hydrogens (tertiary/aromatic N) is 1. The first-order valence-electron chi connectivity index (χ1n) is 9.75.